The van der Waals surface area contributed by atoms with Crippen molar-refractivity contribution in [2.75, 3.05) is 0 Å². The second kappa shape index (κ2) is 5.10. The lowest BCUT2D eigenvalue weighted by atomic mass is 10.2. The number of nitrogens with zero attached hydrogens (tertiary/aromatic N) is 1. The zero-order valence-corrected chi connectivity index (χ0v) is 13.0. The quantitative estimate of drug-likeness (QED) is 0.578. The fourth-order valence-corrected chi connectivity index (χ4v) is 3.45. The number of carbonyl (C=O) groups is 1. The number of pyridine rings is 1. The summed E-state index contributed by atoms with van der Waals surface area (Å²) in [4.78, 5) is 18.8. The molecule has 0 amide bonds. The molecule has 6 heteroatoms. The van der Waals surface area contributed by atoms with Crippen LogP contribution in [-0.2, 0) is 0 Å². The van der Waals surface area contributed by atoms with Gasteiger partial charge in [0.25, 0.3) is 0 Å². The average molecular weight is 324 g/mol. The molecule has 0 saturated heterocycles. The van der Waals surface area contributed by atoms with Gasteiger partial charge in [0, 0.05) is 28.9 Å². The zero-order valence-electron chi connectivity index (χ0n) is 12.2. The van der Waals surface area contributed by atoms with Crippen LogP contribution in [-0.4, -0.2) is 21.0 Å². The van der Waals surface area contributed by atoms with E-state index in [1.54, 1.807) is 18.3 Å². The summed E-state index contributed by atoms with van der Waals surface area (Å²) in [5, 5.41) is 10.2. The van der Waals surface area contributed by atoms with Gasteiger partial charge in [-0.25, -0.2) is 4.79 Å². The second-order valence-electron chi connectivity index (χ2n) is 5.24. The third-order valence-corrected chi connectivity index (χ3v) is 4.67. The highest BCUT2D eigenvalue weighted by Crippen LogP contribution is 2.35. The van der Waals surface area contributed by atoms with E-state index in [1.165, 1.54) is 11.3 Å². The van der Waals surface area contributed by atoms with Crippen LogP contribution in [0.15, 0.2) is 42.6 Å². The molecular formula is C17H12N2O3S. The second-order valence-corrected chi connectivity index (χ2v) is 6.29. The Kier molecular flexibility index (Phi) is 3.06. The van der Waals surface area contributed by atoms with Crippen LogP contribution in [0.3, 0.4) is 0 Å². The van der Waals surface area contributed by atoms with Crippen molar-refractivity contribution in [1.82, 2.24) is 9.97 Å². The summed E-state index contributed by atoms with van der Waals surface area (Å²) < 4.78 is 6.70. The van der Waals surface area contributed by atoms with Crippen molar-refractivity contribution in [3.05, 3.63) is 53.2 Å². The van der Waals surface area contributed by atoms with Gasteiger partial charge in [0.05, 0.1) is 10.2 Å². The van der Waals surface area contributed by atoms with Crippen LogP contribution in [0, 0.1) is 6.92 Å². The van der Waals surface area contributed by atoms with E-state index in [2.05, 4.69) is 16.0 Å². The molecule has 3 heterocycles. The number of carboxylic acids is 1. The molecule has 0 aliphatic heterocycles. The third-order valence-electron chi connectivity index (χ3n) is 3.54. The molecule has 1 aromatic carbocycles. The van der Waals surface area contributed by atoms with E-state index in [9.17, 15) is 4.79 Å². The minimum absolute atomic E-state index is 0.250. The van der Waals surface area contributed by atoms with Crippen molar-refractivity contribution in [3.63, 3.8) is 0 Å². The SMILES string of the molecule is Cc1cc2cc(Oc3ccnc4cc(C(=O)O)sc34)ccc2[nH]1. The Morgan fingerprint density at radius 1 is 1.26 bits per heavy atom. The number of aromatic carboxylic acids is 1. The number of aryl methyl sites for hydroxylation is 1. The van der Waals surface area contributed by atoms with E-state index >= 15 is 0 Å². The number of H-pyrrole nitrogens is 1. The largest absolute Gasteiger partial charge is 0.477 e. The number of rotatable bonds is 3. The molecule has 2 N–H and O–H groups in total. The van der Waals surface area contributed by atoms with E-state index in [1.807, 2.05) is 25.1 Å². The van der Waals surface area contributed by atoms with Gasteiger partial charge >= 0.3 is 5.97 Å². The molecule has 4 aromatic rings. The van der Waals surface area contributed by atoms with Gasteiger partial charge < -0.3 is 14.8 Å². The summed E-state index contributed by atoms with van der Waals surface area (Å²) in [5.74, 6) is 0.358. The number of carboxylic acid groups (broad SMARTS) is 1. The number of ether oxygens (including phenoxy) is 1. The van der Waals surface area contributed by atoms with Crippen molar-refractivity contribution in [3.8, 4) is 11.5 Å². The van der Waals surface area contributed by atoms with Crippen molar-refractivity contribution in [1.29, 1.82) is 0 Å². The predicted molar refractivity (Wildman–Crippen MR) is 89.7 cm³/mol. The maximum Gasteiger partial charge on any atom is 0.345 e. The highest BCUT2D eigenvalue weighted by molar-refractivity contribution is 7.21. The third kappa shape index (κ3) is 2.43. The lowest BCUT2D eigenvalue weighted by Crippen LogP contribution is -1.89. The minimum Gasteiger partial charge on any atom is -0.477 e. The Hall–Kier alpha value is -2.86. The van der Waals surface area contributed by atoms with Crippen LogP contribution in [0.1, 0.15) is 15.4 Å². The Morgan fingerprint density at radius 3 is 2.96 bits per heavy atom. The Bertz CT molecular complexity index is 1050. The molecule has 0 aliphatic carbocycles. The summed E-state index contributed by atoms with van der Waals surface area (Å²) >= 11 is 1.17. The summed E-state index contributed by atoms with van der Waals surface area (Å²) in [5.41, 5.74) is 2.77. The molecule has 5 nitrogen and oxygen atoms in total. The van der Waals surface area contributed by atoms with Crippen molar-refractivity contribution < 1.29 is 14.6 Å². The number of thiophene rings is 1. The minimum atomic E-state index is -0.955. The molecule has 0 aliphatic rings. The van der Waals surface area contributed by atoms with Crippen molar-refractivity contribution in [2.24, 2.45) is 0 Å². The molecular weight excluding hydrogens is 312 g/mol. The fraction of sp³-hybridized carbons (Fsp3) is 0.0588. The van der Waals surface area contributed by atoms with Crippen LogP contribution >= 0.6 is 11.3 Å². The monoisotopic (exact) mass is 324 g/mol. The lowest BCUT2D eigenvalue weighted by molar-refractivity contribution is 0.0702. The van der Waals surface area contributed by atoms with E-state index in [0.29, 0.717) is 17.0 Å². The number of benzene rings is 1. The number of nitrogens with one attached hydrogen (secondary N) is 1. The van der Waals surface area contributed by atoms with E-state index in [4.69, 9.17) is 9.84 Å². The summed E-state index contributed by atoms with van der Waals surface area (Å²) in [6.07, 6.45) is 1.62. The highest BCUT2D eigenvalue weighted by Gasteiger charge is 2.13. The van der Waals surface area contributed by atoms with Crippen molar-refractivity contribution >= 4 is 38.4 Å². The maximum absolute atomic E-state index is 11.1. The lowest BCUT2D eigenvalue weighted by Gasteiger charge is -2.06. The number of aromatic amines is 1. The Labute approximate surface area is 135 Å². The van der Waals surface area contributed by atoms with Gasteiger partial charge in [-0.15, -0.1) is 11.3 Å². The van der Waals surface area contributed by atoms with Gasteiger partial charge in [-0.1, -0.05) is 0 Å². The Balaban J connectivity index is 1.77. The smallest absolute Gasteiger partial charge is 0.345 e. The van der Waals surface area contributed by atoms with Crippen LogP contribution in [0.25, 0.3) is 21.1 Å². The number of fused-ring (bicyclic) bond motifs is 2. The first-order chi connectivity index (χ1) is 11.1. The number of aromatic nitrogens is 2. The van der Waals surface area contributed by atoms with Crippen LogP contribution in [0.5, 0.6) is 11.5 Å². The topological polar surface area (TPSA) is 75.2 Å². The summed E-state index contributed by atoms with van der Waals surface area (Å²) in [6, 6.07) is 11.2. The number of hydrogen-bond acceptors (Lipinski definition) is 4. The number of hydrogen-bond donors (Lipinski definition) is 2. The fourth-order valence-electron chi connectivity index (χ4n) is 2.55. The van der Waals surface area contributed by atoms with Gasteiger partial charge in [-0.2, -0.15) is 0 Å². The first-order valence-corrected chi connectivity index (χ1v) is 7.81. The zero-order chi connectivity index (χ0) is 16.0. The molecule has 0 bridgehead atoms. The van der Waals surface area contributed by atoms with E-state index in [-0.39, 0.29) is 4.88 Å². The molecule has 0 spiro atoms. The standard InChI is InChI=1S/C17H12N2O3S/c1-9-6-10-7-11(2-3-12(10)19-9)22-14-4-5-18-13-8-15(17(20)21)23-16(13)14/h2-8,19H,1H3,(H,20,21). The average Bonchev–Trinajstić information content (AvgIpc) is 3.10. The predicted octanol–water partition coefficient (Wildman–Crippen LogP) is 4.58. The first kappa shape index (κ1) is 13.8. The summed E-state index contributed by atoms with van der Waals surface area (Å²) in [7, 11) is 0. The molecule has 23 heavy (non-hydrogen) atoms. The molecule has 3 aromatic heterocycles. The summed E-state index contributed by atoms with van der Waals surface area (Å²) in [6.45, 7) is 2.01. The van der Waals surface area contributed by atoms with E-state index in [0.717, 1.165) is 21.3 Å². The molecule has 0 fully saturated rings. The first-order valence-electron chi connectivity index (χ1n) is 6.99. The molecule has 0 radical (unpaired) electrons. The molecule has 4 rings (SSSR count). The van der Waals surface area contributed by atoms with Gasteiger partial charge in [0.15, 0.2) is 0 Å². The van der Waals surface area contributed by atoms with Crippen LogP contribution in [0.2, 0.25) is 0 Å². The van der Waals surface area contributed by atoms with Crippen LogP contribution < -0.4 is 4.74 Å². The van der Waals surface area contributed by atoms with Crippen LogP contribution in [0.4, 0.5) is 0 Å². The molecule has 0 atom stereocenters. The van der Waals surface area contributed by atoms with Crippen molar-refractivity contribution in [2.45, 2.75) is 6.92 Å². The Morgan fingerprint density at radius 2 is 2.13 bits per heavy atom. The van der Waals surface area contributed by atoms with Gasteiger partial charge in [-0.05, 0) is 37.3 Å². The maximum atomic E-state index is 11.1. The normalized spacial score (nSPS) is 11.2. The molecule has 114 valence electrons. The van der Waals surface area contributed by atoms with Gasteiger partial charge in [-0.3, -0.25) is 4.98 Å². The molecule has 0 unspecified atom stereocenters. The van der Waals surface area contributed by atoms with Gasteiger partial charge in [0.2, 0.25) is 0 Å². The van der Waals surface area contributed by atoms with E-state index < -0.39 is 5.97 Å². The highest BCUT2D eigenvalue weighted by atomic mass is 32.1. The molecule has 0 saturated carbocycles. The van der Waals surface area contributed by atoms with Gasteiger partial charge in [0.1, 0.15) is 16.4 Å².